The second kappa shape index (κ2) is 5.92. The Morgan fingerprint density at radius 3 is 2.75 bits per heavy atom. The molecule has 0 aromatic heterocycles. The van der Waals surface area contributed by atoms with Crippen LogP contribution in [-0.4, -0.2) is 12.4 Å². The van der Waals surface area contributed by atoms with Crippen LogP contribution in [0.4, 0.5) is 0 Å². The topological polar surface area (TPSA) is 50.1 Å². The van der Waals surface area contributed by atoms with E-state index < -0.39 is 0 Å². The van der Waals surface area contributed by atoms with Crippen LogP contribution in [0.1, 0.15) is 24.0 Å². The predicted molar refractivity (Wildman–Crippen MR) is 61.3 cm³/mol. The summed E-state index contributed by atoms with van der Waals surface area (Å²) in [7, 11) is 0. The lowest BCUT2D eigenvalue weighted by atomic mass is 10.1. The monoisotopic (exact) mass is 217 g/mol. The first-order chi connectivity index (χ1) is 7.63. The number of nitriles is 1. The first-order valence-electron chi connectivity index (χ1n) is 5.22. The summed E-state index contributed by atoms with van der Waals surface area (Å²) in [6, 6.07) is 7.65. The number of carbonyl (C=O) groups is 1. The maximum absolute atomic E-state index is 11.1. The van der Waals surface area contributed by atoms with E-state index in [1.54, 1.807) is 0 Å². The fraction of sp³-hybridized carbons (Fsp3) is 0.385. The number of carbonyl (C=O) groups excluding carboxylic acids is 1. The minimum Gasteiger partial charge on any atom is -0.493 e. The molecule has 0 spiro atoms. The van der Waals surface area contributed by atoms with Gasteiger partial charge in [0.05, 0.1) is 19.1 Å². The molecule has 16 heavy (non-hydrogen) atoms. The zero-order chi connectivity index (χ0) is 12.0. The zero-order valence-corrected chi connectivity index (χ0v) is 9.62. The van der Waals surface area contributed by atoms with Gasteiger partial charge >= 0.3 is 0 Å². The quantitative estimate of drug-likeness (QED) is 0.761. The lowest BCUT2D eigenvalue weighted by molar-refractivity contribution is -0.118. The molecule has 0 fully saturated rings. The van der Waals surface area contributed by atoms with E-state index in [0.717, 1.165) is 5.75 Å². The number of hydrogen-bond donors (Lipinski definition) is 0. The number of ketones is 1. The lowest BCUT2D eigenvalue weighted by Crippen LogP contribution is -2.05. The van der Waals surface area contributed by atoms with Crippen LogP contribution in [0.25, 0.3) is 0 Å². The van der Waals surface area contributed by atoms with Crippen molar-refractivity contribution in [1.29, 1.82) is 5.26 Å². The number of aryl methyl sites for hydroxylation is 2. The minimum atomic E-state index is -0.0775. The highest BCUT2D eigenvalue weighted by atomic mass is 16.5. The van der Waals surface area contributed by atoms with Crippen LogP contribution < -0.4 is 4.74 Å². The highest BCUT2D eigenvalue weighted by Crippen LogP contribution is 2.16. The van der Waals surface area contributed by atoms with Crippen molar-refractivity contribution in [2.24, 2.45) is 0 Å². The van der Waals surface area contributed by atoms with Crippen LogP contribution in [0.5, 0.6) is 5.75 Å². The Morgan fingerprint density at radius 1 is 1.38 bits per heavy atom. The zero-order valence-electron chi connectivity index (χ0n) is 9.62. The van der Waals surface area contributed by atoms with Gasteiger partial charge in [0.1, 0.15) is 11.5 Å². The van der Waals surface area contributed by atoms with Crippen molar-refractivity contribution in [3.8, 4) is 11.8 Å². The third kappa shape index (κ3) is 3.74. The van der Waals surface area contributed by atoms with Crippen molar-refractivity contribution < 1.29 is 9.53 Å². The Balaban J connectivity index is 2.41. The van der Waals surface area contributed by atoms with Crippen LogP contribution in [0, 0.1) is 25.2 Å². The molecule has 1 rings (SSSR count). The van der Waals surface area contributed by atoms with Gasteiger partial charge in [-0.2, -0.15) is 5.26 Å². The number of benzene rings is 1. The van der Waals surface area contributed by atoms with Gasteiger partial charge in [-0.1, -0.05) is 6.07 Å². The molecular weight excluding hydrogens is 202 g/mol. The van der Waals surface area contributed by atoms with E-state index in [1.807, 2.05) is 38.1 Å². The van der Waals surface area contributed by atoms with Crippen LogP contribution in [0.3, 0.4) is 0 Å². The van der Waals surface area contributed by atoms with Crippen molar-refractivity contribution >= 4 is 5.78 Å². The fourth-order valence-electron chi connectivity index (χ4n) is 1.26. The fourth-order valence-corrected chi connectivity index (χ4v) is 1.26. The molecule has 0 aliphatic heterocycles. The summed E-state index contributed by atoms with van der Waals surface area (Å²) in [6.45, 7) is 4.39. The lowest BCUT2D eigenvalue weighted by Gasteiger charge is -2.07. The third-order valence-electron chi connectivity index (χ3n) is 2.40. The van der Waals surface area contributed by atoms with E-state index in [9.17, 15) is 4.79 Å². The highest BCUT2D eigenvalue weighted by Gasteiger charge is 2.02. The van der Waals surface area contributed by atoms with Gasteiger partial charge in [-0.05, 0) is 37.1 Å². The average Bonchev–Trinajstić information content (AvgIpc) is 2.24. The highest BCUT2D eigenvalue weighted by molar-refractivity contribution is 5.80. The van der Waals surface area contributed by atoms with Crippen LogP contribution >= 0.6 is 0 Å². The largest absolute Gasteiger partial charge is 0.493 e. The van der Waals surface area contributed by atoms with E-state index in [-0.39, 0.29) is 12.2 Å². The molecule has 0 aliphatic rings. The SMILES string of the molecule is Cc1ccc(OCCC(=O)CC#N)cc1C. The molecule has 0 atom stereocenters. The molecule has 0 heterocycles. The molecule has 0 bridgehead atoms. The Kier molecular flexibility index (Phi) is 4.53. The summed E-state index contributed by atoms with van der Waals surface area (Å²) in [5, 5.41) is 8.31. The Morgan fingerprint density at radius 2 is 2.12 bits per heavy atom. The molecule has 0 N–H and O–H groups in total. The summed E-state index contributed by atoms with van der Waals surface area (Å²) >= 11 is 0. The van der Waals surface area contributed by atoms with Gasteiger partial charge in [-0.25, -0.2) is 0 Å². The van der Waals surface area contributed by atoms with Gasteiger partial charge in [-0.15, -0.1) is 0 Å². The number of Topliss-reactive ketones (excluding diaryl/α,β-unsaturated/α-hetero) is 1. The summed E-state index contributed by atoms with van der Waals surface area (Å²) in [5.41, 5.74) is 2.38. The van der Waals surface area contributed by atoms with Gasteiger partial charge in [0.15, 0.2) is 0 Å². The minimum absolute atomic E-state index is 0.0315. The molecule has 0 amide bonds. The summed E-state index contributed by atoms with van der Waals surface area (Å²) in [6.07, 6.45) is 0.261. The van der Waals surface area contributed by atoms with E-state index in [4.69, 9.17) is 10.00 Å². The first-order valence-corrected chi connectivity index (χ1v) is 5.22. The normalized spacial score (nSPS) is 9.56. The predicted octanol–water partition coefficient (Wildman–Crippen LogP) is 2.56. The van der Waals surface area contributed by atoms with Crippen molar-refractivity contribution in [2.45, 2.75) is 26.7 Å². The molecule has 1 aromatic carbocycles. The molecule has 0 unspecified atom stereocenters. The number of rotatable bonds is 5. The maximum Gasteiger partial charge on any atom is 0.150 e. The smallest absolute Gasteiger partial charge is 0.150 e. The van der Waals surface area contributed by atoms with Crippen LogP contribution in [0.15, 0.2) is 18.2 Å². The van der Waals surface area contributed by atoms with Crippen molar-refractivity contribution in [3.63, 3.8) is 0 Å². The Labute approximate surface area is 95.7 Å². The second-order valence-electron chi connectivity index (χ2n) is 3.72. The van der Waals surface area contributed by atoms with E-state index in [1.165, 1.54) is 11.1 Å². The standard InChI is InChI=1S/C13H15NO2/c1-10-3-4-13(9-11(10)2)16-8-6-12(15)5-7-14/h3-4,9H,5-6,8H2,1-2H3. The molecule has 0 saturated carbocycles. The molecule has 1 aromatic rings. The van der Waals surface area contributed by atoms with Gasteiger partial charge in [0, 0.05) is 6.42 Å². The van der Waals surface area contributed by atoms with E-state index in [2.05, 4.69) is 0 Å². The van der Waals surface area contributed by atoms with Crippen molar-refractivity contribution in [1.82, 2.24) is 0 Å². The summed E-state index contributed by atoms with van der Waals surface area (Å²) < 4.78 is 5.43. The molecule has 0 radical (unpaired) electrons. The molecular formula is C13H15NO2. The van der Waals surface area contributed by atoms with Crippen molar-refractivity contribution in [3.05, 3.63) is 29.3 Å². The summed E-state index contributed by atoms with van der Waals surface area (Å²) in [4.78, 5) is 11.1. The maximum atomic E-state index is 11.1. The third-order valence-corrected chi connectivity index (χ3v) is 2.40. The number of nitrogens with zero attached hydrogens (tertiary/aromatic N) is 1. The van der Waals surface area contributed by atoms with E-state index in [0.29, 0.717) is 13.0 Å². The van der Waals surface area contributed by atoms with Crippen LogP contribution in [0.2, 0.25) is 0 Å². The number of ether oxygens (including phenoxy) is 1. The Bertz CT molecular complexity index is 418. The van der Waals surface area contributed by atoms with E-state index >= 15 is 0 Å². The van der Waals surface area contributed by atoms with Crippen molar-refractivity contribution in [2.75, 3.05) is 6.61 Å². The second-order valence-corrected chi connectivity index (χ2v) is 3.72. The van der Waals surface area contributed by atoms with Gasteiger partial charge in [0.2, 0.25) is 0 Å². The summed E-state index contributed by atoms with van der Waals surface area (Å²) in [5.74, 6) is 0.694. The molecule has 3 nitrogen and oxygen atoms in total. The first kappa shape index (κ1) is 12.3. The molecule has 0 aliphatic carbocycles. The van der Waals surface area contributed by atoms with Crippen LogP contribution in [-0.2, 0) is 4.79 Å². The molecule has 84 valence electrons. The molecule has 0 saturated heterocycles. The van der Waals surface area contributed by atoms with Gasteiger partial charge in [-0.3, -0.25) is 4.79 Å². The molecule has 3 heteroatoms. The number of hydrogen-bond acceptors (Lipinski definition) is 3. The van der Waals surface area contributed by atoms with Gasteiger partial charge < -0.3 is 4.74 Å². The average molecular weight is 217 g/mol. The Hall–Kier alpha value is -1.82. The van der Waals surface area contributed by atoms with Gasteiger partial charge in [0.25, 0.3) is 0 Å².